The number of guanidine groups is 1. The first-order chi connectivity index (χ1) is 9.24. The zero-order valence-corrected chi connectivity index (χ0v) is 16.3. The van der Waals surface area contributed by atoms with Gasteiger partial charge in [-0.05, 0) is 40.9 Å². The fraction of sp³-hybridized carbons (Fsp3) is 0.643. The summed E-state index contributed by atoms with van der Waals surface area (Å²) in [4.78, 5) is 5.77. The molecule has 1 aliphatic carbocycles. The summed E-state index contributed by atoms with van der Waals surface area (Å²) in [5, 5.41) is 3.37. The van der Waals surface area contributed by atoms with Crippen molar-refractivity contribution in [2.24, 2.45) is 10.7 Å². The molecule has 114 valence electrons. The largest absolute Gasteiger partial charge is 0.370 e. The summed E-state index contributed by atoms with van der Waals surface area (Å²) in [5.41, 5.74) is 5.96. The topological polar surface area (TPSA) is 50.4 Å². The molecule has 1 aromatic heterocycles. The molecule has 2 rings (SSSR count). The van der Waals surface area contributed by atoms with Crippen molar-refractivity contribution < 1.29 is 0 Å². The van der Waals surface area contributed by atoms with Gasteiger partial charge in [0.05, 0.1) is 3.79 Å². The third kappa shape index (κ3) is 6.76. The van der Waals surface area contributed by atoms with Gasteiger partial charge in [-0.25, -0.2) is 0 Å². The normalized spacial score (nSPS) is 17.4. The van der Waals surface area contributed by atoms with Gasteiger partial charge in [-0.15, -0.1) is 35.3 Å². The Hall–Kier alpha value is 0.180. The first-order valence-electron chi connectivity index (χ1n) is 7.05. The quantitative estimate of drug-likeness (QED) is 0.297. The lowest BCUT2D eigenvalue weighted by Crippen LogP contribution is -2.39. The van der Waals surface area contributed by atoms with E-state index in [0.29, 0.717) is 12.0 Å². The molecule has 0 radical (unpaired) electrons. The highest BCUT2D eigenvalue weighted by Crippen LogP contribution is 2.22. The lowest BCUT2D eigenvalue weighted by atomic mass is 10.1. The SMILES string of the molecule is I.NC(=NCCc1ccc(Br)s1)NC1CCCCCC1. The van der Waals surface area contributed by atoms with Crippen molar-refractivity contribution in [2.75, 3.05) is 6.54 Å². The second kappa shape index (κ2) is 10.00. The van der Waals surface area contributed by atoms with Crippen molar-refractivity contribution in [1.82, 2.24) is 5.32 Å². The van der Waals surface area contributed by atoms with Gasteiger partial charge in [0, 0.05) is 23.9 Å². The number of thiophene rings is 1. The van der Waals surface area contributed by atoms with Crippen molar-refractivity contribution in [3.8, 4) is 0 Å². The Balaban J connectivity index is 0.00000200. The van der Waals surface area contributed by atoms with Gasteiger partial charge >= 0.3 is 0 Å². The molecule has 0 saturated heterocycles. The van der Waals surface area contributed by atoms with Crippen LogP contribution in [0, 0.1) is 0 Å². The monoisotopic (exact) mass is 471 g/mol. The first-order valence-corrected chi connectivity index (χ1v) is 8.65. The van der Waals surface area contributed by atoms with Gasteiger partial charge in [0.15, 0.2) is 5.96 Å². The van der Waals surface area contributed by atoms with E-state index in [1.54, 1.807) is 11.3 Å². The van der Waals surface area contributed by atoms with Crippen LogP contribution in [-0.4, -0.2) is 18.5 Å². The highest BCUT2D eigenvalue weighted by molar-refractivity contribution is 14.0. The zero-order chi connectivity index (χ0) is 13.5. The molecular formula is C14H23BrIN3S. The summed E-state index contributed by atoms with van der Waals surface area (Å²) in [6, 6.07) is 4.75. The van der Waals surface area contributed by atoms with Gasteiger partial charge < -0.3 is 11.1 Å². The van der Waals surface area contributed by atoms with Gasteiger partial charge in [-0.3, -0.25) is 4.99 Å². The van der Waals surface area contributed by atoms with Crippen LogP contribution in [0.1, 0.15) is 43.4 Å². The Labute approximate surface area is 151 Å². The summed E-state index contributed by atoms with van der Waals surface area (Å²) in [7, 11) is 0. The molecular weight excluding hydrogens is 449 g/mol. The lowest BCUT2D eigenvalue weighted by Gasteiger charge is -2.16. The number of rotatable bonds is 4. The summed E-state index contributed by atoms with van der Waals surface area (Å²) in [5.74, 6) is 0.613. The van der Waals surface area contributed by atoms with Gasteiger partial charge in [-0.2, -0.15) is 0 Å². The molecule has 0 bridgehead atoms. The Bertz CT molecular complexity index is 414. The lowest BCUT2D eigenvalue weighted by molar-refractivity contribution is 0.530. The molecule has 1 fully saturated rings. The number of aliphatic imine (C=N–C) groups is 1. The molecule has 3 N–H and O–H groups in total. The molecule has 0 unspecified atom stereocenters. The standard InChI is InChI=1S/C14H22BrN3S.HI/c15-13-8-7-12(19-13)9-10-17-14(16)18-11-5-3-1-2-4-6-11;/h7-8,11H,1-6,9-10H2,(H3,16,17,18);1H. The molecule has 1 saturated carbocycles. The molecule has 3 nitrogen and oxygen atoms in total. The van der Waals surface area contributed by atoms with E-state index in [4.69, 9.17) is 5.73 Å². The predicted molar refractivity (Wildman–Crippen MR) is 102 cm³/mol. The smallest absolute Gasteiger partial charge is 0.188 e. The van der Waals surface area contributed by atoms with Gasteiger partial charge in [0.1, 0.15) is 0 Å². The molecule has 1 heterocycles. The summed E-state index contributed by atoms with van der Waals surface area (Å²) in [6.07, 6.45) is 8.78. The van der Waals surface area contributed by atoms with Crippen molar-refractivity contribution >= 4 is 57.2 Å². The molecule has 0 aliphatic heterocycles. The first kappa shape index (κ1) is 18.2. The van der Waals surface area contributed by atoms with Crippen molar-refractivity contribution in [3.63, 3.8) is 0 Å². The minimum absolute atomic E-state index is 0. The predicted octanol–water partition coefficient (Wildman–Crippen LogP) is 4.30. The van der Waals surface area contributed by atoms with Crippen molar-refractivity contribution in [1.29, 1.82) is 0 Å². The number of halogens is 2. The van der Waals surface area contributed by atoms with Gasteiger partial charge in [-0.1, -0.05) is 25.7 Å². The maximum absolute atomic E-state index is 5.96. The molecule has 0 atom stereocenters. The van der Waals surface area contributed by atoms with E-state index in [-0.39, 0.29) is 24.0 Å². The number of nitrogens with one attached hydrogen (secondary N) is 1. The third-order valence-corrected chi connectivity index (χ3v) is 5.16. The highest BCUT2D eigenvalue weighted by Gasteiger charge is 2.12. The van der Waals surface area contributed by atoms with Crippen LogP contribution in [0.25, 0.3) is 0 Å². The number of nitrogens with two attached hydrogens (primary N) is 1. The van der Waals surface area contributed by atoms with E-state index >= 15 is 0 Å². The van der Waals surface area contributed by atoms with Crippen LogP contribution in [0.15, 0.2) is 20.9 Å². The van der Waals surface area contributed by atoms with E-state index in [1.165, 1.54) is 47.2 Å². The average Bonchev–Trinajstić information content (AvgIpc) is 2.63. The molecule has 6 heteroatoms. The maximum atomic E-state index is 5.96. The average molecular weight is 472 g/mol. The molecule has 0 amide bonds. The van der Waals surface area contributed by atoms with Crippen molar-refractivity contribution in [3.05, 3.63) is 20.8 Å². The van der Waals surface area contributed by atoms with Gasteiger partial charge in [0.2, 0.25) is 0 Å². The summed E-state index contributed by atoms with van der Waals surface area (Å²) >= 11 is 5.24. The summed E-state index contributed by atoms with van der Waals surface area (Å²) in [6.45, 7) is 0.762. The molecule has 1 aromatic rings. The van der Waals surface area contributed by atoms with Crippen molar-refractivity contribution in [2.45, 2.75) is 51.0 Å². The Morgan fingerprint density at radius 1 is 1.30 bits per heavy atom. The van der Waals surface area contributed by atoms with Crippen LogP contribution in [-0.2, 0) is 6.42 Å². The van der Waals surface area contributed by atoms with Crippen LogP contribution in [0.5, 0.6) is 0 Å². The Kier molecular flexibility index (Phi) is 9.11. The van der Waals surface area contributed by atoms with E-state index < -0.39 is 0 Å². The van der Waals surface area contributed by atoms with Crippen LogP contribution >= 0.6 is 51.2 Å². The van der Waals surface area contributed by atoms with E-state index in [1.807, 2.05) is 0 Å². The summed E-state index contributed by atoms with van der Waals surface area (Å²) < 4.78 is 1.18. The second-order valence-corrected chi connectivity index (χ2v) is 7.60. The minimum atomic E-state index is 0. The van der Waals surface area contributed by atoms with Crippen LogP contribution in [0.3, 0.4) is 0 Å². The number of hydrogen-bond acceptors (Lipinski definition) is 2. The molecule has 0 spiro atoms. The van der Waals surface area contributed by atoms with E-state index in [2.05, 4.69) is 38.4 Å². The fourth-order valence-corrected chi connectivity index (χ4v) is 3.92. The highest BCUT2D eigenvalue weighted by atomic mass is 127. The van der Waals surface area contributed by atoms with E-state index in [0.717, 1.165) is 13.0 Å². The molecule has 20 heavy (non-hydrogen) atoms. The van der Waals surface area contributed by atoms with Crippen LogP contribution in [0.4, 0.5) is 0 Å². The second-order valence-electron chi connectivity index (χ2n) is 5.06. The Morgan fingerprint density at radius 3 is 2.60 bits per heavy atom. The third-order valence-electron chi connectivity index (χ3n) is 3.48. The fourth-order valence-electron chi connectivity index (χ4n) is 2.45. The van der Waals surface area contributed by atoms with Crippen LogP contribution < -0.4 is 11.1 Å². The van der Waals surface area contributed by atoms with E-state index in [9.17, 15) is 0 Å². The van der Waals surface area contributed by atoms with Crippen LogP contribution in [0.2, 0.25) is 0 Å². The Morgan fingerprint density at radius 2 is 2.00 bits per heavy atom. The molecule has 1 aliphatic rings. The number of hydrogen-bond donors (Lipinski definition) is 2. The zero-order valence-electron chi connectivity index (χ0n) is 11.6. The number of nitrogens with zero attached hydrogens (tertiary/aromatic N) is 1. The minimum Gasteiger partial charge on any atom is -0.370 e. The molecule has 0 aromatic carbocycles. The maximum Gasteiger partial charge on any atom is 0.188 e. The van der Waals surface area contributed by atoms with Gasteiger partial charge in [0.25, 0.3) is 0 Å².